The van der Waals surface area contributed by atoms with E-state index in [2.05, 4.69) is 11.9 Å². The summed E-state index contributed by atoms with van der Waals surface area (Å²) in [6.45, 7) is 5.24. The Hall–Kier alpha value is -2.56. The van der Waals surface area contributed by atoms with Crippen LogP contribution in [0.1, 0.15) is 16.1 Å². The van der Waals surface area contributed by atoms with E-state index in [1.165, 1.54) is 0 Å². The fraction of sp³-hybridized carbons (Fsp3) is 0.200. The molecule has 2 rings (SSSR count). The third-order valence-electron chi connectivity index (χ3n) is 2.81. The zero-order valence-electron chi connectivity index (χ0n) is 11.1. The molecular weight excluding hydrogens is 258 g/mol. The number of rotatable bonds is 5. The van der Waals surface area contributed by atoms with Crippen LogP contribution in [-0.4, -0.2) is 25.0 Å². The number of carbonyl (C=O) groups is 2. The van der Waals surface area contributed by atoms with Crippen molar-refractivity contribution in [1.29, 1.82) is 0 Å². The van der Waals surface area contributed by atoms with E-state index in [0.717, 1.165) is 5.39 Å². The molecule has 0 bridgehead atoms. The highest BCUT2D eigenvalue weighted by atomic mass is 16.5. The number of para-hydroxylation sites is 1. The smallest absolute Gasteiger partial charge is 0.375 e. The van der Waals surface area contributed by atoms with Crippen molar-refractivity contribution in [3.05, 3.63) is 48.2 Å². The van der Waals surface area contributed by atoms with Crippen molar-refractivity contribution in [3.8, 4) is 0 Å². The fourth-order valence-electron chi connectivity index (χ4n) is 1.80. The van der Waals surface area contributed by atoms with Crippen molar-refractivity contribution in [2.45, 2.75) is 6.92 Å². The molecule has 1 aromatic carbocycles. The monoisotopic (exact) mass is 273 g/mol. The molecule has 0 fully saturated rings. The molecule has 2 aromatic rings. The van der Waals surface area contributed by atoms with E-state index >= 15 is 0 Å². The second-order valence-corrected chi connectivity index (χ2v) is 4.22. The minimum Gasteiger partial charge on any atom is -0.450 e. The molecule has 0 saturated heterocycles. The van der Waals surface area contributed by atoms with Gasteiger partial charge in [0.2, 0.25) is 5.76 Å². The van der Waals surface area contributed by atoms with Crippen molar-refractivity contribution in [2.75, 3.05) is 13.2 Å². The third kappa shape index (κ3) is 2.88. The Balaban J connectivity index is 2.06. The lowest BCUT2D eigenvalue weighted by Gasteiger charge is -2.03. The zero-order valence-corrected chi connectivity index (χ0v) is 11.1. The topological polar surface area (TPSA) is 68.5 Å². The van der Waals surface area contributed by atoms with Crippen molar-refractivity contribution in [2.24, 2.45) is 0 Å². The molecule has 1 amide bonds. The Kier molecular flexibility index (Phi) is 4.20. The molecule has 20 heavy (non-hydrogen) atoms. The average Bonchev–Trinajstić information content (AvgIpc) is 2.80. The molecular formula is C15H15NO4. The van der Waals surface area contributed by atoms with Gasteiger partial charge in [0.15, 0.2) is 6.61 Å². The van der Waals surface area contributed by atoms with Gasteiger partial charge in [-0.3, -0.25) is 4.79 Å². The van der Waals surface area contributed by atoms with Gasteiger partial charge in [0.05, 0.1) is 0 Å². The predicted octanol–water partition coefficient (Wildman–Crippen LogP) is 2.20. The molecule has 0 aliphatic rings. The largest absolute Gasteiger partial charge is 0.450 e. The number of hydrogen-bond donors (Lipinski definition) is 1. The highest BCUT2D eigenvalue weighted by Crippen LogP contribution is 2.25. The molecule has 0 saturated carbocycles. The molecule has 5 nitrogen and oxygen atoms in total. The van der Waals surface area contributed by atoms with Crippen LogP contribution in [0.3, 0.4) is 0 Å². The number of benzene rings is 1. The number of amides is 1. The lowest BCUT2D eigenvalue weighted by atomic mass is 10.1. The van der Waals surface area contributed by atoms with Crippen LogP contribution in [-0.2, 0) is 9.53 Å². The first-order valence-electron chi connectivity index (χ1n) is 6.16. The van der Waals surface area contributed by atoms with E-state index in [1.807, 2.05) is 18.2 Å². The van der Waals surface area contributed by atoms with Crippen LogP contribution < -0.4 is 5.32 Å². The number of ether oxygens (including phenoxy) is 1. The number of carbonyl (C=O) groups excluding carboxylic acids is 2. The number of aryl methyl sites for hydroxylation is 1. The van der Waals surface area contributed by atoms with Gasteiger partial charge in [0.25, 0.3) is 5.91 Å². The Labute approximate surface area is 116 Å². The molecule has 1 heterocycles. The molecule has 0 radical (unpaired) electrons. The van der Waals surface area contributed by atoms with Crippen molar-refractivity contribution in [1.82, 2.24) is 5.32 Å². The summed E-state index contributed by atoms with van der Waals surface area (Å²) in [7, 11) is 0. The number of furan rings is 1. The van der Waals surface area contributed by atoms with E-state index in [1.54, 1.807) is 19.1 Å². The molecule has 0 atom stereocenters. The zero-order chi connectivity index (χ0) is 14.5. The van der Waals surface area contributed by atoms with Crippen LogP contribution in [0.4, 0.5) is 0 Å². The number of nitrogens with one attached hydrogen (secondary N) is 1. The molecule has 0 aliphatic heterocycles. The van der Waals surface area contributed by atoms with Crippen LogP contribution in [0.25, 0.3) is 11.0 Å². The Morgan fingerprint density at radius 2 is 2.15 bits per heavy atom. The summed E-state index contributed by atoms with van der Waals surface area (Å²) >= 11 is 0. The first-order chi connectivity index (χ1) is 9.63. The number of fused-ring (bicyclic) bond motifs is 1. The van der Waals surface area contributed by atoms with Gasteiger partial charge in [-0.1, -0.05) is 24.3 Å². The van der Waals surface area contributed by atoms with Crippen LogP contribution in [0, 0.1) is 6.92 Å². The second kappa shape index (κ2) is 6.06. The van der Waals surface area contributed by atoms with E-state index in [-0.39, 0.29) is 18.3 Å². The maximum atomic E-state index is 11.9. The average molecular weight is 273 g/mol. The van der Waals surface area contributed by atoms with Gasteiger partial charge in [0.1, 0.15) is 5.58 Å². The first kappa shape index (κ1) is 13.9. The maximum absolute atomic E-state index is 11.9. The second-order valence-electron chi connectivity index (χ2n) is 4.22. The fourth-order valence-corrected chi connectivity index (χ4v) is 1.80. The lowest BCUT2D eigenvalue weighted by Crippen LogP contribution is -2.28. The summed E-state index contributed by atoms with van der Waals surface area (Å²) in [6.07, 6.45) is 1.54. The van der Waals surface area contributed by atoms with Crippen LogP contribution in [0.15, 0.2) is 41.3 Å². The standard InChI is InChI=1S/C15H15NO4/c1-3-8-16-13(17)9-19-15(18)14-10(2)11-6-4-5-7-12(11)20-14/h3-7H,1,8-9H2,2H3,(H,16,17). The third-order valence-corrected chi connectivity index (χ3v) is 2.81. The summed E-state index contributed by atoms with van der Waals surface area (Å²) in [6, 6.07) is 7.32. The van der Waals surface area contributed by atoms with Gasteiger partial charge in [-0.15, -0.1) is 6.58 Å². The van der Waals surface area contributed by atoms with Gasteiger partial charge < -0.3 is 14.5 Å². The molecule has 5 heteroatoms. The minimum atomic E-state index is -0.646. The molecule has 0 spiro atoms. The van der Waals surface area contributed by atoms with Gasteiger partial charge in [-0.05, 0) is 13.0 Å². The quantitative estimate of drug-likeness (QED) is 0.670. The van der Waals surface area contributed by atoms with E-state index < -0.39 is 5.97 Å². The van der Waals surface area contributed by atoms with Crippen LogP contribution in [0.2, 0.25) is 0 Å². The van der Waals surface area contributed by atoms with Crippen LogP contribution in [0.5, 0.6) is 0 Å². The molecule has 1 N–H and O–H groups in total. The van der Waals surface area contributed by atoms with Crippen LogP contribution >= 0.6 is 0 Å². The molecule has 0 aliphatic carbocycles. The van der Waals surface area contributed by atoms with Gasteiger partial charge in [0, 0.05) is 17.5 Å². The normalized spacial score (nSPS) is 10.2. The number of hydrogen-bond acceptors (Lipinski definition) is 4. The van der Waals surface area contributed by atoms with Crippen molar-refractivity contribution < 1.29 is 18.7 Å². The van der Waals surface area contributed by atoms with Gasteiger partial charge in [-0.2, -0.15) is 0 Å². The summed E-state index contributed by atoms with van der Waals surface area (Å²) in [5.74, 6) is -0.901. The van der Waals surface area contributed by atoms with Gasteiger partial charge >= 0.3 is 5.97 Å². The highest BCUT2D eigenvalue weighted by Gasteiger charge is 2.19. The molecule has 1 aromatic heterocycles. The summed E-state index contributed by atoms with van der Waals surface area (Å²) in [5, 5.41) is 3.37. The lowest BCUT2D eigenvalue weighted by molar-refractivity contribution is -0.124. The molecule has 0 unspecified atom stereocenters. The Morgan fingerprint density at radius 1 is 1.40 bits per heavy atom. The SMILES string of the molecule is C=CCNC(=O)COC(=O)c1oc2ccccc2c1C. The van der Waals surface area contributed by atoms with Gasteiger partial charge in [-0.25, -0.2) is 4.79 Å². The summed E-state index contributed by atoms with van der Waals surface area (Å²) < 4.78 is 10.4. The molecule has 104 valence electrons. The van der Waals surface area contributed by atoms with E-state index in [4.69, 9.17) is 9.15 Å². The first-order valence-corrected chi connectivity index (χ1v) is 6.16. The van der Waals surface area contributed by atoms with E-state index in [0.29, 0.717) is 17.7 Å². The maximum Gasteiger partial charge on any atom is 0.375 e. The Bertz CT molecular complexity index is 657. The van der Waals surface area contributed by atoms with Crippen molar-refractivity contribution >= 4 is 22.8 Å². The van der Waals surface area contributed by atoms with E-state index in [9.17, 15) is 9.59 Å². The van der Waals surface area contributed by atoms with Crippen molar-refractivity contribution in [3.63, 3.8) is 0 Å². The minimum absolute atomic E-state index is 0.128. The Morgan fingerprint density at radius 3 is 2.85 bits per heavy atom. The summed E-state index contributed by atoms with van der Waals surface area (Å²) in [5.41, 5.74) is 1.32. The summed E-state index contributed by atoms with van der Waals surface area (Å²) in [4.78, 5) is 23.2. The number of esters is 1. The predicted molar refractivity (Wildman–Crippen MR) is 74.4 cm³/mol. The highest BCUT2D eigenvalue weighted by molar-refractivity contribution is 5.96.